The van der Waals surface area contributed by atoms with Gasteiger partial charge in [0.05, 0.1) is 7.11 Å². The van der Waals surface area contributed by atoms with Crippen LogP contribution in [0.3, 0.4) is 0 Å². The molecular weight excluding hydrogens is 232 g/mol. The van der Waals surface area contributed by atoms with Crippen LogP contribution < -0.4 is 11.1 Å². The molecule has 1 fully saturated rings. The quantitative estimate of drug-likeness (QED) is 0.694. The largest absolute Gasteiger partial charge is 0.467 e. The minimum absolute atomic E-state index is 0.0119. The molecule has 0 aromatic rings. The first-order chi connectivity index (χ1) is 8.69. The molecule has 0 saturated heterocycles. The second-order valence-corrected chi connectivity index (χ2v) is 4.85. The standard InChI is InChI=1S/C13H24N2O3/c1-18-13(17)11(8-5-9-14)15-12(16)10-6-3-2-4-7-10/h10-11H,2-9,14H2,1H3,(H,15,16). The smallest absolute Gasteiger partial charge is 0.328 e. The molecule has 0 radical (unpaired) electrons. The highest BCUT2D eigenvalue weighted by molar-refractivity contribution is 5.85. The summed E-state index contributed by atoms with van der Waals surface area (Å²) in [4.78, 5) is 23.6. The summed E-state index contributed by atoms with van der Waals surface area (Å²) >= 11 is 0. The summed E-state index contributed by atoms with van der Waals surface area (Å²) in [5, 5.41) is 2.80. The van der Waals surface area contributed by atoms with E-state index in [0.717, 1.165) is 25.7 Å². The number of nitrogens with two attached hydrogens (primary N) is 1. The molecule has 0 aromatic carbocycles. The van der Waals surface area contributed by atoms with Gasteiger partial charge >= 0.3 is 5.97 Å². The van der Waals surface area contributed by atoms with Gasteiger partial charge in [-0.2, -0.15) is 0 Å². The van der Waals surface area contributed by atoms with E-state index in [1.807, 2.05) is 0 Å². The number of esters is 1. The lowest BCUT2D eigenvalue weighted by atomic mass is 9.88. The first-order valence-corrected chi connectivity index (χ1v) is 6.77. The summed E-state index contributed by atoms with van der Waals surface area (Å²) in [6.45, 7) is 0.507. The van der Waals surface area contributed by atoms with Gasteiger partial charge in [-0.15, -0.1) is 0 Å². The topological polar surface area (TPSA) is 81.4 Å². The molecule has 1 rings (SSSR count). The van der Waals surface area contributed by atoms with Gasteiger partial charge in [-0.1, -0.05) is 19.3 Å². The molecule has 1 atom stereocenters. The van der Waals surface area contributed by atoms with Gasteiger partial charge in [-0.25, -0.2) is 4.79 Å². The highest BCUT2D eigenvalue weighted by atomic mass is 16.5. The third kappa shape index (κ3) is 4.64. The van der Waals surface area contributed by atoms with E-state index in [9.17, 15) is 9.59 Å². The number of nitrogens with one attached hydrogen (secondary N) is 1. The van der Waals surface area contributed by atoms with Crippen molar-refractivity contribution in [2.45, 2.75) is 51.0 Å². The zero-order valence-electron chi connectivity index (χ0n) is 11.1. The molecule has 0 spiro atoms. The lowest BCUT2D eigenvalue weighted by Gasteiger charge is -2.23. The maximum absolute atomic E-state index is 12.0. The van der Waals surface area contributed by atoms with Crippen molar-refractivity contribution in [2.24, 2.45) is 11.7 Å². The minimum Gasteiger partial charge on any atom is -0.467 e. The first kappa shape index (κ1) is 15.0. The Morgan fingerprint density at radius 2 is 2.00 bits per heavy atom. The van der Waals surface area contributed by atoms with Gasteiger partial charge in [0, 0.05) is 5.92 Å². The SMILES string of the molecule is COC(=O)C(CCCN)NC(=O)C1CCCCC1. The Balaban J connectivity index is 2.47. The Labute approximate surface area is 108 Å². The van der Waals surface area contributed by atoms with E-state index in [4.69, 9.17) is 10.5 Å². The Hall–Kier alpha value is -1.10. The van der Waals surface area contributed by atoms with Crippen LogP contribution in [0.2, 0.25) is 0 Å². The lowest BCUT2D eigenvalue weighted by molar-refractivity contribution is -0.146. The Morgan fingerprint density at radius 1 is 1.33 bits per heavy atom. The number of methoxy groups -OCH3 is 1. The number of carbonyl (C=O) groups is 2. The molecule has 18 heavy (non-hydrogen) atoms. The van der Waals surface area contributed by atoms with E-state index in [1.54, 1.807) is 0 Å². The number of hydrogen-bond donors (Lipinski definition) is 2. The molecule has 3 N–H and O–H groups in total. The molecule has 0 aromatic heterocycles. The summed E-state index contributed by atoms with van der Waals surface area (Å²) < 4.78 is 4.70. The Bertz CT molecular complexity index is 275. The van der Waals surface area contributed by atoms with Gasteiger partial charge in [-0.3, -0.25) is 4.79 Å². The first-order valence-electron chi connectivity index (χ1n) is 6.77. The average molecular weight is 256 g/mol. The maximum Gasteiger partial charge on any atom is 0.328 e. The number of hydrogen-bond acceptors (Lipinski definition) is 4. The normalized spacial score (nSPS) is 18.1. The number of carbonyl (C=O) groups excluding carboxylic acids is 2. The fraction of sp³-hybridized carbons (Fsp3) is 0.846. The van der Waals surface area contributed by atoms with Gasteiger partial charge in [0.1, 0.15) is 6.04 Å². The van der Waals surface area contributed by atoms with Crippen LogP contribution in [0, 0.1) is 5.92 Å². The Morgan fingerprint density at radius 3 is 2.56 bits per heavy atom. The van der Waals surface area contributed by atoms with Crippen LogP contribution in [0.15, 0.2) is 0 Å². The summed E-state index contributed by atoms with van der Waals surface area (Å²) in [5.41, 5.74) is 5.43. The number of amides is 1. The molecule has 1 unspecified atom stereocenters. The van der Waals surface area contributed by atoms with E-state index in [0.29, 0.717) is 19.4 Å². The van der Waals surface area contributed by atoms with Crippen LogP contribution in [0.1, 0.15) is 44.9 Å². The fourth-order valence-electron chi connectivity index (χ4n) is 2.37. The summed E-state index contributed by atoms with van der Waals surface area (Å²) in [6.07, 6.45) is 6.50. The van der Waals surface area contributed by atoms with Crippen molar-refractivity contribution in [3.8, 4) is 0 Å². The second kappa shape index (κ2) is 8.08. The van der Waals surface area contributed by atoms with Crippen molar-refractivity contribution in [1.82, 2.24) is 5.32 Å². The van der Waals surface area contributed by atoms with Gasteiger partial charge in [-0.05, 0) is 32.2 Å². The lowest BCUT2D eigenvalue weighted by Crippen LogP contribution is -2.44. The molecule has 5 nitrogen and oxygen atoms in total. The van der Waals surface area contributed by atoms with Crippen LogP contribution >= 0.6 is 0 Å². The van der Waals surface area contributed by atoms with Gasteiger partial charge in [0.2, 0.25) is 5.91 Å². The van der Waals surface area contributed by atoms with Gasteiger partial charge in [0.25, 0.3) is 0 Å². The zero-order chi connectivity index (χ0) is 13.4. The van der Waals surface area contributed by atoms with Crippen LogP contribution in [0.5, 0.6) is 0 Å². The predicted octanol–water partition coefficient (Wildman–Crippen LogP) is 0.963. The third-order valence-corrected chi connectivity index (χ3v) is 3.48. The van der Waals surface area contributed by atoms with E-state index in [2.05, 4.69) is 5.32 Å². The fourth-order valence-corrected chi connectivity index (χ4v) is 2.37. The molecule has 1 aliphatic carbocycles. The third-order valence-electron chi connectivity index (χ3n) is 3.48. The molecule has 5 heteroatoms. The van der Waals surface area contributed by atoms with Crippen molar-refractivity contribution >= 4 is 11.9 Å². The molecule has 1 saturated carbocycles. The van der Waals surface area contributed by atoms with Crippen molar-refractivity contribution in [3.63, 3.8) is 0 Å². The van der Waals surface area contributed by atoms with Crippen molar-refractivity contribution in [3.05, 3.63) is 0 Å². The predicted molar refractivity (Wildman–Crippen MR) is 68.8 cm³/mol. The molecular formula is C13H24N2O3. The zero-order valence-corrected chi connectivity index (χ0v) is 11.1. The summed E-state index contributed by atoms with van der Waals surface area (Å²) in [6, 6.07) is -0.548. The molecule has 1 amide bonds. The van der Waals surface area contributed by atoms with E-state index in [1.165, 1.54) is 13.5 Å². The van der Waals surface area contributed by atoms with Gasteiger partial charge < -0.3 is 15.8 Å². The molecule has 1 aliphatic rings. The van der Waals surface area contributed by atoms with Crippen molar-refractivity contribution < 1.29 is 14.3 Å². The molecule has 0 heterocycles. The molecule has 0 bridgehead atoms. The maximum atomic E-state index is 12.0. The van der Waals surface area contributed by atoms with Crippen LogP contribution in [0.4, 0.5) is 0 Å². The van der Waals surface area contributed by atoms with Crippen LogP contribution in [-0.4, -0.2) is 31.6 Å². The van der Waals surface area contributed by atoms with E-state index >= 15 is 0 Å². The van der Waals surface area contributed by atoms with E-state index < -0.39 is 6.04 Å². The van der Waals surface area contributed by atoms with Crippen molar-refractivity contribution in [2.75, 3.05) is 13.7 Å². The summed E-state index contributed by atoms with van der Waals surface area (Å²) in [5.74, 6) is -0.335. The van der Waals surface area contributed by atoms with Crippen LogP contribution in [0.25, 0.3) is 0 Å². The average Bonchev–Trinajstić information content (AvgIpc) is 2.43. The van der Waals surface area contributed by atoms with E-state index in [-0.39, 0.29) is 17.8 Å². The highest BCUT2D eigenvalue weighted by Crippen LogP contribution is 2.23. The molecule has 0 aliphatic heterocycles. The highest BCUT2D eigenvalue weighted by Gasteiger charge is 2.26. The van der Waals surface area contributed by atoms with Gasteiger partial charge in [0.15, 0.2) is 0 Å². The number of ether oxygens (including phenoxy) is 1. The summed E-state index contributed by atoms with van der Waals surface area (Å²) in [7, 11) is 1.34. The second-order valence-electron chi connectivity index (χ2n) is 4.85. The minimum atomic E-state index is -0.548. The Kier molecular flexibility index (Phi) is 6.72. The van der Waals surface area contributed by atoms with Crippen LogP contribution in [-0.2, 0) is 14.3 Å². The molecule has 104 valence electrons. The monoisotopic (exact) mass is 256 g/mol. The number of rotatable bonds is 6. The van der Waals surface area contributed by atoms with Crippen molar-refractivity contribution in [1.29, 1.82) is 0 Å².